The first-order valence-corrected chi connectivity index (χ1v) is 10.3. The number of primary amides is 1. The Hall–Kier alpha value is -2.00. The minimum atomic E-state index is -0.790. The van der Waals surface area contributed by atoms with Gasteiger partial charge in [-0.05, 0) is 40.0 Å². The molecule has 9 nitrogen and oxygen atoms in total. The van der Waals surface area contributed by atoms with Crippen LogP contribution < -0.4 is 22.1 Å². The second kappa shape index (κ2) is 10.7. The van der Waals surface area contributed by atoms with Crippen LogP contribution >= 0.6 is 0 Å². The van der Waals surface area contributed by atoms with Gasteiger partial charge in [0.05, 0.1) is 12.1 Å². The van der Waals surface area contributed by atoms with Crippen LogP contribution in [0.25, 0.3) is 0 Å². The van der Waals surface area contributed by atoms with Crippen molar-refractivity contribution >= 4 is 23.5 Å². The topological polar surface area (TPSA) is 148 Å². The summed E-state index contributed by atoms with van der Waals surface area (Å²) in [5.41, 5.74) is 10.4. The Morgan fingerprint density at radius 3 is 2.31 bits per heavy atom. The van der Waals surface area contributed by atoms with Gasteiger partial charge in [-0.3, -0.25) is 24.5 Å². The fourth-order valence-corrected chi connectivity index (χ4v) is 3.42. The zero-order valence-electron chi connectivity index (χ0n) is 18.3. The molecule has 1 aliphatic rings. The first kappa shape index (κ1) is 25.0. The molecule has 1 heterocycles. The summed E-state index contributed by atoms with van der Waals surface area (Å²) in [5.74, 6) is -1.30. The first-order valence-electron chi connectivity index (χ1n) is 10.3. The Morgan fingerprint density at radius 1 is 1.17 bits per heavy atom. The van der Waals surface area contributed by atoms with Crippen molar-refractivity contribution in [3.63, 3.8) is 0 Å². The third-order valence-electron chi connectivity index (χ3n) is 5.23. The summed E-state index contributed by atoms with van der Waals surface area (Å²) < 4.78 is 0. The second-order valence-corrected chi connectivity index (χ2v) is 8.77. The summed E-state index contributed by atoms with van der Waals surface area (Å²) >= 11 is 0. The smallest absolute Gasteiger partial charge is 0.245 e. The van der Waals surface area contributed by atoms with E-state index in [1.54, 1.807) is 11.8 Å². The lowest BCUT2D eigenvalue weighted by Gasteiger charge is -2.32. The number of ketones is 1. The van der Waals surface area contributed by atoms with Gasteiger partial charge in [0.25, 0.3) is 0 Å². The number of nitrogens with two attached hydrogens (primary N) is 2. The van der Waals surface area contributed by atoms with Crippen LogP contribution in [0.4, 0.5) is 0 Å². The van der Waals surface area contributed by atoms with E-state index < -0.39 is 35.5 Å². The van der Waals surface area contributed by atoms with Crippen LogP contribution in [0.3, 0.4) is 0 Å². The molecular weight excluding hydrogens is 374 g/mol. The molecule has 0 unspecified atom stereocenters. The molecular formula is C20H37N5O4. The van der Waals surface area contributed by atoms with Crippen molar-refractivity contribution in [1.29, 1.82) is 0 Å². The highest BCUT2D eigenvalue weighted by Crippen LogP contribution is 2.22. The van der Waals surface area contributed by atoms with Crippen LogP contribution in [0, 0.1) is 5.92 Å². The van der Waals surface area contributed by atoms with Crippen LogP contribution in [-0.4, -0.2) is 65.2 Å². The summed E-state index contributed by atoms with van der Waals surface area (Å²) in [6, 6.07) is -1.94. The minimum absolute atomic E-state index is 0.0329. The molecule has 0 aromatic rings. The maximum absolute atomic E-state index is 12.9. The molecule has 3 amide bonds. The fourth-order valence-electron chi connectivity index (χ4n) is 3.42. The SMILES string of the molecule is CC(C)C(=O)[C@@H]1CCCN1C(=O)[C@H](C)NC(=O)[C@H](CCC(N)=O)NC(C)(C)CN. The summed E-state index contributed by atoms with van der Waals surface area (Å²) in [7, 11) is 0. The van der Waals surface area contributed by atoms with Crippen LogP contribution in [0.5, 0.6) is 0 Å². The van der Waals surface area contributed by atoms with Crippen molar-refractivity contribution in [1.82, 2.24) is 15.5 Å². The fraction of sp³-hybridized carbons (Fsp3) is 0.800. The summed E-state index contributed by atoms with van der Waals surface area (Å²) in [6.07, 6.45) is 1.65. The van der Waals surface area contributed by atoms with E-state index in [-0.39, 0.29) is 37.0 Å². The normalized spacial score (nSPS) is 19.1. The van der Waals surface area contributed by atoms with Gasteiger partial charge < -0.3 is 21.7 Å². The predicted octanol–water partition coefficient (Wildman–Crippen LogP) is -0.332. The molecule has 9 heteroatoms. The van der Waals surface area contributed by atoms with E-state index in [4.69, 9.17) is 11.5 Å². The molecule has 0 radical (unpaired) electrons. The lowest BCUT2D eigenvalue weighted by atomic mass is 9.99. The maximum Gasteiger partial charge on any atom is 0.245 e. The largest absolute Gasteiger partial charge is 0.370 e. The number of likely N-dealkylation sites (tertiary alicyclic amines) is 1. The van der Waals surface area contributed by atoms with Crippen LogP contribution in [-0.2, 0) is 19.2 Å². The molecule has 6 N–H and O–H groups in total. The van der Waals surface area contributed by atoms with E-state index >= 15 is 0 Å². The number of carbonyl (C=O) groups excluding carboxylic acids is 4. The van der Waals surface area contributed by atoms with Gasteiger partial charge in [0.2, 0.25) is 17.7 Å². The van der Waals surface area contributed by atoms with E-state index in [9.17, 15) is 19.2 Å². The number of amides is 3. The summed E-state index contributed by atoms with van der Waals surface area (Å²) in [6.45, 7) is 9.73. The van der Waals surface area contributed by atoms with Gasteiger partial charge >= 0.3 is 0 Å². The lowest BCUT2D eigenvalue weighted by Crippen LogP contribution is -2.59. The molecule has 0 aliphatic carbocycles. The summed E-state index contributed by atoms with van der Waals surface area (Å²) in [4.78, 5) is 50.8. The van der Waals surface area contributed by atoms with Crippen molar-refractivity contribution < 1.29 is 19.2 Å². The van der Waals surface area contributed by atoms with Gasteiger partial charge in [-0.15, -0.1) is 0 Å². The van der Waals surface area contributed by atoms with Gasteiger partial charge in [-0.2, -0.15) is 0 Å². The van der Waals surface area contributed by atoms with Gasteiger partial charge in [-0.25, -0.2) is 0 Å². The quantitative estimate of drug-likeness (QED) is 0.366. The first-order chi connectivity index (χ1) is 13.4. The monoisotopic (exact) mass is 411 g/mol. The summed E-state index contributed by atoms with van der Waals surface area (Å²) in [5, 5.41) is 5.85. The van der Waals surface area contributed by atoms with E-state index in [0.29, 0.717) is 13.0 Å². The maximum atomic E-state index is 12.9. The van der Waals surface area contributed by atoms with E-state index in [1.807, 2.05) is 27.7 Å². The molecule has 1 fully saturated rings. The Morgan fingerprint density at radius 2 is 1.79 bits per heavy atom. The number of hydrogen-bond acceptors (Lipinski definition) is 6. The number of Topliss-reactive ketones (excluding diaryl/α,β-unsaturated/α-hetero) is 1. The van der Waals surface area contributed by atoms with E-state index in [1.165, 1.54) is 0 Å². The Balaban J connectivity index is 2.82. The standard InChI is InChI=1S/C20H37N5O4/c1-12(2)17(27)15-7-6-10-25(15)19(29)13(3)23-18(28)14(8-9-16(22)26)24-20(4,5)11-21/h12-15,24H,6-11,21H2,1-5H3,(H2,22,26)(H,23,28)/t13-,14-,15-/m0/s1. The number of hydrogen-bond donors (Lipinski definition) is 4. The van der Waals surface area contributed by atoms with Gasteiger partial charge in [-0.1, -0.05) is 13.8 Å². The van der Waals surface area contributed by atoms with Gasteiger partial charge in [0.1, 0.15) is 6.04 Å². The molecule has 1 aliphatic heterocycles. The molecule has 166 valence electrons. The van der Waals surface area contributed by atoms with Crippen LogP contribution in [0.1, 0.15) is 60.3 Å². The molecule has 3 atom stereocenters. The number of carbonyl (C=O) groups is 4. The number of rotatable bonds is 11. The third-order valence-corrected chi connectivity index (χ3v) is 5.23. The molecule has 0 aromatic heterocycles. The Bertz CT molecular complexity index is 620. The number of nitrogens with one attached hydrogen (secondary N) is 2. The van der Waals surface area contributed by atoms with E-state index in [0.717, 1.165) is 6.42 Å². The molecule has 0 aromatic carbocycles. The van der Waals surface area contributed by atoms with Crippen molar-refractivity contribution in [2.24, 2.45) is 17.4 Å². The average Bonchev–Trinajstić information content (AvgIpc) is 3.12. The average molecular weight is 412 g/mol. The van der Waals surface area contributed by atoms with Crippen molar-refractivity contribution in [2.75, 3.05) is 13.1 Å². The number of nitrogens with zero attached hydrogens (tertiary/aromatic N) is 1. The highest BCUT2D eigenvalue weighted by molar-refractivity contribution is 5.94. The molecule has 0 spiro atoms. The Labute approximate surface area is 173 Å². The minimum Gasteiger partial charge on any atom is -0.370 e. The van der Waals surface area contributed by atoms with Crippen LogP contribution in [0.2, 0.25) is 0 Å². The molecule has 1 rings (SSSR count). The molecule has 1 saturated heterocycles. The van der Waals surface area contributed by atoms with Crippen LogP contribution in [0.15, 0.2) is 0 Å². The molecule has 0 saturated carbocycles. The molecule has 29 heavy (non-hydrogen) atoms. The third kappa shape index (κ3) is 7.40. The zero-order chi connectivity index (χ0) is 22.4. The lowest BCUT2D eigenvalue weighted by molar-refractivity contribution is -0.141. The van der Waals surface area contributed by atoms with Crippen molar-refractivity contribution in [2.45, 2.75) is 84.0 Å². The van der Waals surface area contributed by atoms with Gasteiger partial charge in [0.15, 0.2) is 5.78 Å². The second-order valence-electron chi connectivity index (χ2n) is 8.77. The molecule has 0 bridgehead atoms. The highest BCUT2D eigenvalue weighted by atomic mass is 16.2. The van der Waals surface area contributed by atoms with Crippen molar-refractivity contribution in [3.05, 3.63) is 0 Å². The van der Waals surface area contributed by atoms with Gasteiger partial charge in [0, 0.05) is 31.0 Å². The van der Waals surface area contributed by atoms with Crippen molar-refractivity contribution in [3.8, 4) is 0 Å². The Kier molecular flexibility index (Phi) is 9.22. The van der Waals surface area contributed by atoms with E-state index in [2.05, 4.69) is 10.6 Å². The zero-order valence-corrected chi connectivity index (χ0v) is 18.3. The highest BCUT2D eigenvalue weighted by Gasteiger charge is 2.37. The predicted molar refractivity (Wildman–Crippen MR) is 111 cm³/mol.